The predicted octanol–water partition coefficient (Wildman–Crippen LogP) is 2.86. The number of fused-ring (bicyclic) bond motifs is 1. The third kappa shape index (κ3) is 4.35. The molecule has 1 amide bonds. The molecule has 7 heteroatoms. The Hall–Kier alpha value is -2.44. The Morgan fingerprint density at radius 1 is 1.16 bits per heavy atom. The normalized spacial score (nSPS) is 12.7. The third-order valence-electron chi connectivity index (χ3n) is 3.82. The second kappa shape index (κ2) is 8.60. The van der Waals surface area contributed by atoms with Gasteiger partial charge in [0, 0.05) is 30.4 Å². The van der Waals surface area contributed by atoms with E-state index in [9.17, 15) is 4.79 Å². The molecule has 0 bridgehead atoms. The van der Waals surface area contributed by atoms with Gasteiger partial charge in [-0.05, 0) is 30.3 Å². The van der Waals surface area contributed by atoms with Crippen LogP contribution in [0.5, 0.6) is 17.2 Å². The van der Waals surface area contributed by atoms with Crippen LogP contribution in [0, 0.1) is 0 Å². The Labute approximate surface area is 152 Å². The molecule has 0 fully saturated rings. The first kappa shape index (κ1) is 18.9. The summed E-state index contributed by atoms with van der Waals surface area (Å²) >= 11 is 0. The second-order valence-corrected chi connectivity index (χ2v) is 5.37. The third-order valence-corrected chi connectivity index (χ3v) is 3.82. The van der Waals surface area contributed by atoms with Crippen molar-refractivity contribution in [2.75, 3.05) is 32.7 Å². The van der Waals surface area contributed by atoms with Crippen LogP contribution < -0.4 is 24.8 Å². The topological polar surface area (TPSA) is 68.8 Å². The Morgan fingerprint density at radius 3 is 2.76 bits per heavy atom. The highest BCUT2D eigenvalue weighted by Gasteiger charge is 2.15. The maximum atomic E-state index is 12.6. The average molecular weight is 365 g/mol. The number of halogens is 1. The zero-order chi connectivity index (χ0) is 16.9. The molecule has 0 atom stereocenters. The van der Waals surface area contributed by atoms with E-state index in [0.717, 1.165) is 17.9 Å². The molecule has 1 aliphatic rings. The van der Waals surface area contributed by atoms with E-state index >= 15 is 0 Å². The van der Waals surface area contributed by atoms with Crippen molar-refractivity contribution in [1.82, 2.24) is 5.32 Å². The molecule has 2 aromatic rings. The van der Waals surface area contributed by atoms with E-state index in [-0.39, 0.29) is 18.3 Å². The largest absolute Gasteiger partial charge is 0.497 e. The highest BCUT2D eigenvalue weighted by atomic mass is 35.5. The fourth-order valence-electron chi connectivity index (χ4n) is 2.58. The van der Waals surface area contributed by atoms with Gasteiger partial charge in [-0.15, -0.1) is 12.4 Å². The van der Waals surface area contributed by atoms with E-state index < -0.39 is 0 Å². The van der Waals surface area contributed by atoms with Crippen LogP contribution in [-0.2, 0) is 6.54 Å². The van der Waals surface area contributed by atoms with Gasteiger partial charge in [0.05, 0.1) is 19.8 Å². The monoisotopic (exact) mass is 364 g/mol. The lowest BCUT2D eigenvalue weighted by Crippen LogP contribution is -2.16. The molecule has 134 valence electrons. The minimum Gasteiger partial charge on any atom is -0.497 e. The van der Waals surface area contributed by atoms with Gasteiger partial charge in [-0.25, -0.2) is 0 Å². The van der Waals surface area contributed by atoms with Crippen LogP contribution in [0.15, 0.2) is 36.4 Å². The first-order valence-corrected chi connectivity index (χ1v) is 7.71. The Morgan fingerprint density at radius 2 is 2.00 bits per heavy atom. The smallest absolute Gasteiger partial charge is 0.259 e. The molecule has 1 heterocycles. The fourth-order valence-corrected chi connectivity index (χ4v) is 2.58. The highest BCUT2D eigenvalue weighted by Crippen LogP contribution is 2.27. The van der Waals surface area contributed by atoms with Crippen molar-refractivity contribution in [3.05, 3.63) is 47.5 Å². The van der Waals surface area contributed by atoms with E-state index in [1.165, 1.54) is 7.11 Å². The maximum absolute atomic E-state index is 12.6. The molecule has 6 nitrogen and oxygen atoms in total. The first-order chi connectivity index (χ1) is 11.7. The summed E-state index contributed by atoms with van der Waals surface area (Å²) in [6, 6.07) is 10.7. The zero-order valence-electron chi connectivity index (χ0n) is 14.1. The number of anilines is 1. The maximum Gasteiger partial charge on any atom is 0.259 e. The number of methoxy groups -OCH3 is 2. The molecule has 0 spiro atoms. The average Bonchev–Trinajstić information content (AvgIpc) is 2.86. The number of amides is 1. The summed E-state index contributed by atoms with van der Waals surface area (Å²) in [4.78, 5) is 12.6. The summed E-state index contributed by atoms with van der Waals surface area (Å²) in [5.74, 6) is 1.71. The van der Waals surface area contributed by atoms with E-state index in [0.29, 0.717) is 35.9 Å². The van der Waals surface area contributed by atoms with Crippen molar-refractivity contribution in [3.63, 3.8) is 0 Å². The van der Waals surface area contributed by atoms with Gasteiger partial charge in [-0.2, -0.15) is 0 Å². The number of rotatable bonds is 4. The van der Waals surface area contributed by atoms with Crippen molar-refractivity contribution in [1.29, 1.82) is 0 Å². The van der Waals surface area contributed by atoms with Crippen molar-refractivity contribution in [3.8, 4) is 17.2 Å². The number of carbonyl (C=O) groups is 1. The second-order valence-electron chi connectivity index (χ2n) is 5.37. The lowest BCUT2D eigenvalue weighted by atomic mass is 10.1. The number of carbonyl (C=O) groups excluding carboxylic acids is 1. The number of hydrogen-bond donors (Lipinski definition) is 2. The van der Waals surface area contributed by atoms with Crippen LogP contribution in [0.4, 0.5) is 5.69 Å². The molecule has 2 N–H and O–H groups in total. The Bertz CT molecular complexity index is 752. The molecular weight excluding hydrogens is 344 g/mol. The molecule has 0 aliphatic carbocycles. The van der Waals surface area contributed by atoms with Crippen LogP contribution in [0.2, 0.25) is 0 Å². The summed E-state index contributed by atoms with van der Waals surface area (Å²) in [7, 11) is 3.09. The number of ether oxygens (including phenoxy) is 3. The lowest BCUT2D eigenvalue weighted by Gasteiger charge is -2.12. The summed E-state index contributed by atoms with van der Waals surface area (Å²) in [6.45, 7) is 2.16. The molecular formula is C18H21ClN2O4. The highest BCUT2D eigenvalue weighted by molar-refractivity contribution is 6.06. The molecule has 25 heavy (non-hydrogen) atoms. The van der Waals surface area contributed by atoms with Crippen LogP contribution >= 0.6 is 12.4 Å². The van der Waals surface area contributed by atoms with Crippen molar-refractivity contribution < 1.29 is 19.0 Å². The SMILES string of the molecule is COc1ccc(C(=O)Nc2ccc3c(c2)CNCCO3)c(OC)c1.Cl. The van der Waals surface area contributed by atoms with Crippen LogP contribution in [-0.4, -0.2) is 33.3 Å². The van der Waals surface area contributed by atoms with E-state index in [1.807, 2.05) is 18.2 Å². The molecule has 0 radical (unpaired) electrons. The summed E-state index contributed by atoms with van der Waals surface area (Å²) in [5.41, 5.74) is 2.18. The molecule has 0 unspecified atom stereocenters. The molecule has 3 rings (SSSR count). The van der Waals surface area contributed by atoms with Crippen molar-refractivity contribution in [2.24, 2.45) is 0 Å². The van der Waals surface area contributed by atoms with Gasteiger partial charge < -0.3 is 24.8 Å². The zero-order valence-corrected chi connectivity index (χ0v) is 14.9. The van der Waals surface area contributed by atoms with Gasteiger partial charge in [0.1, 0.15) is 23.9 Å². The molecule has 1 aliphatic heterocycles. The Kier molecular flexibility index (Phi) is 6.50. The number of hydrogen-bond acceptors (Lipinski definition) is 5. The predicted molar refractivity (Wildman–Crippen MR) is 98.4 cm³/mol. The summed E-state index contributed by atoms with van der Waals surface area (Å²) < 4.78 is 16.1. The molecule has 2 aromatic carbocycles. The number of benzene rings is 2. The fraction of sp³-hybridized carbons (Fsp3) is 0.278. The lowest BCUT2D eigenvalue weighted by molar-refractivity contribution is 0.102. The quantitative estimate of drug-likeness (QED) is 0.873. The van der Waals surface area contributed by atoms with Gasteiger partial charge in [0.25, 0.3) is 5.91 Å². The van der Waals surface area contributed by atoms with E-state index in [4.69, 9.17) is 14.2 Å². The molecule has 0 saturated carbocycles. The number of nitrogens with one attached hydrogen (secondary N) is 2. The minimum absolute atomic E-state index is 0. The van der Waals surface area contributed by atoms with Crippen LogP contribution in [0.1, 0.15) is 15.9 Å². The van der Waals surface area contributed by atoms with E-state index in [1.54, 1.807) is 25.3 Å². The van der Waals surface area contributed by atoms with Crippen LogP contribution in [0.25, 0.3) is 0 Å². The van der Waals surface area contributed by atoms with Crippen molar-refractivity contribution in [2.45, 2.75) is 6.54 Å². The van der Waals surface area contributed by atoms with Gasteiger partial charge >= 0.3 is 0 Å². The first-order valence-electron chi connectivity index (χ1n) is 7.71. The summed E-state index contributed by atoms with van der Waals surface area (Å²) in [6.07, 6.45) is 0. The van der Waals surface area contributed by atoms with Gasteiger partial charge in [0.15, 0.2) is 0 Å². The van der Waals surface area contributed by atoms with Crippen LogP contribution in [0.3, 0.4) is 0 Å². The van der Waals surface area contributed by atoms with Gasteiger partial charge in [-0.3, -0.25) is 4.79 Å². The van der Waals surface area contributed by atoms with Gasteiger partial charge in [0.2, 0.25) is 0 Å². The minimum atomic E-state index is -0.239. The van der Waals surface area contributed by atoms with Gasteiger partial charge in [-0.1, -0.05) is 0 Å². The molecule has 0 aromatic heterocycles. The summed E-state index contributed by atoms with van der Waals surface area (Å²) in [5, 5.41) is 6.17. The standard InChI is InChI=1S/C18H20N2O4.ClH/c1-22-14-4-5-15(17(10-14)23-2)18(21)20-13-3-6-16-12(9-13)11-19-7-8-24-16;/h3-6,9-10,19H,7-8,11H2,1-2H3,(H,20,21);1H. The molecule has 0 saturated heterocycles. The van der Waals surface area contributed by atoms with Crippen molar-refractivity contribution >= 4 is 24.0 Å². The van der Waals surface area contributed by atoms with E-state index in [2.05, 4.69) is 10.6 Å². The Balaban J connectivity index is 0.00000225.